The molecule has 1 aromatic carbocycles. The first-order chi connectivity index (χ1) is 8.22. The third-order valence-electron chi connectivity index (χ3n) is 2.33. The SMILES string of the molecule is CSC[C@@H](CCO)Nc1cccc(F)c1C#N. The first-order valence-corrected chi connectivity index (χ1v) is 6.67. The second-order valence-corrected chi connectivity index (χ2v) is 4.49. The van der Waals surface area contributed by atoms with Crippen molar-refractivity contribution in [1.82, 2.24) is 0 Å². The van der Waals surface area contributed by atoms with Crippen LogP contribution >= 0.6 is 11.8 Å². The molecular formula is C12H15FN2OS. The van der Waals surface area contributed by atoms with Crippen molar-refractivity contribution in [2.75, 3.05) is 23.9 Å². The van der Waals surface area contributed by atoms with Crippen LogP contribution in [0.3, 0.4) is 0 Å². The number of hydrogen-bond acceptors (Lipinski definition) is 4. The van der Waals surface area contributed by atoms with Crippen molar-refractivity contribution in [2.45, 2.75) is 12.5 Å². The Morgan fingerprint density at radius 3 is 2.94 bits per heavy atom. The minimum Gasteiger partial charge on any atom is -0.396 e. The minimum absolute atomic E-state index is 0.0246. The van der Waals surface area contributed by atoms with E-state index >= 15 is 0 Å². The molecule has 0 aliphatic carbocycles. The molecule has 0 radical (unpaired) electrons. The summed E-state index contributed by atoms with van der Waals surface area (Å²) in [5, 5.41) is 20.9. The summed E-state index contributed by atoms with van der Waals surface area (Å²) >= 11 is 1.64. The largest absolute Gasteiger partial charge is 0.396 e. The maximum Gasteiger partial charge on any atom is 0.143 e. The molecule has 2 N–H and O–H groups in total. The van der Waals surface area contributed by atoms with Gasteiger partial charge in [-0.05, 0) is 24.8 Å². The van der Waals surface area contributed by atoms with E-state index in [9.17, 15) is 4.39 Å². The summed E-state index contributed by atoms with van der Waals surface area (Å²) in [6.45, 7) is 0.0649. The van der Waals surface area contributed by atoms with E-state index < -0.39 is 5.82 Å². The molecule has 0 aliphatic heterocycles. The van der Waals surface area contributed by atoms with Crippen LogP contribution in [-0.4, -0.2) is 29.8 Å². The Balaban J connectivity index is 2.85. The molecule has 0 spiro atoms. The van der Waals surface area contributed by atoms with Gasteiger partial charge in [0.05, 0.1) is 5.69 Å². The van der Waals surface area contributed by atoms with Crippen LogP contribution in [0, 0.1) is 17.1 Å². The molecule has 0 saturated heterocycles. The van der Waals surface area contributed by atoms with Crippen LogP contribution < -0.4 is 5.32 Å². The highest BCUT2D eigenvalue weighted by atomic mass is 32.2. The zero-order valence-electron chi connectivity index (χ0n) is 9.61. The number of nitrogens with zero attached hydrogens (tertiary/aromatic N) is 1. The number of hydrogen-bond donors (Lipinski definition) is 2. The van der Waals surface area contributed by atoms with Crippen LogP contribution in [0.1, 0.15) is 12.0 Å². The third-order valence-corrected chi connectivity index (χ3v) is 3.07. The predicted molar refractivity (Wildman–Crippen MR) is 68.6 cm³/mol. The molecule has 0 amide bonds. The summed E-state index contributed by atoms with van der Waals surface area (Å²) in [5.74, 6) is 0.270. The van der Waals surface area contributed by atoms with E-state index in [0.717, 1.165) is 5.75 Å². The molecule has 3 nitrogen and oxygen atoms in total. The average molecular weight is 254 g/mol. The Hall–Kier alpha value is -1.25. The fourth-order valence-corrected chi connectivity index (χ4v) is 2.18. The molecule has 1 aromatic rings. The lowest BCUT2D eigenvalue weighted by Gasteiger charge is -2.18. The lowest BCUT2D eigenvalue weighted by Crippen LogP contribution is -2.24. The molecule has 1 rings (SSSR count). The van der Waals surface area contributed by atoms with Gasteiger partial charge in [0.25, 0.3) is 0 Å². The van der Waals surface area contributed by atoms with Crippen LogP contribution in [0.2, 0.25) is 0 Å². The van der Waals surface area contributed by atoms with E-state index in [1.165, 1.54) is 6.07 Å². The lowest BCUT2D eigenvalue weighted by atomic mass is 10.1. The van der Waals surface area contributed by atoms with E-state index in [1.54, 1.807) is 23.9 Å². The minimum atomic E-state index is -0.524. The highest BCUT2D eigenvalue weighted by Gasteiger charge is 2.12. The van der Waals surface area contributed by atoms with Gasteiger partial charge in [-0.15, -0.1) is 0 Å². The summed E-state index contributed by atoms with van der Waals surface area (Å²) in [6.07, 6.45) is 2.53. The van der Waals surface area contributed by atoms with Gasteiger partial charge in [0.1, 0.15) is 17.4 Å². The van der Waals surface area contributed by atoms with E-state index in [4.69, 9.17) is 10.4 Å². The number of thioether (sulfide) groups is 1. The van der Waals surface area contributed by atoms with Crippen LogP contribution in [0.4, 0.5) is 10.1 Å². The van der Waals surface area contributed by atoms with Crippen molar-refractivity contribution >= 4 is 17.4 Å². The molecule has 0 fully saturated rings. The summed E-state index contributed by atoms with van der Waals surface area (Å²) in [4.78, 5) is 0. The molecule has 1 atom stereocenters. The normalized spacial score (nSPS) is 11.9. The zero-order valence-corrected chi connectivity index (χ0v) is 10.4. The number of rotatable bonds is 6. The Labute approximate surface area is 105 Å². The Morgan fingerprint density at radius 1 is 1.59 bits per heavy atom. The monoisotopic (exact) mass is 254 g/mol. The fraction of sp³-hybridized carbons (Fsp3) is 0.417. The van der Waals surface area contributed by atoms with Gasteiger partial charge in [-0.1, -0.05) is 6.07 Å². The Kier molecular flexibility index (Phi) is 5.81. The van der Waals surface area contributed by atoms with Gasteiger partial charge in [-0.25, -0.2) is 4.39 Å². The van der Waals surface area contributed by atoms with Crippen molar-refractivity contribution in [2.24, 2.45) is 0 Å². The highest BCUT2D eigenvalue weighted by Crippen LogP contribution is 2.20. The van der Waals surface area contributed by atoms with Gasteiger partial charge >= 0.3 is 0 Å². The summed E-state index contributed by atoms with van der Waals surface area (Å²) in [5.41, 5.74) is 0.511. The van der Waals surface area contributed by atoms with Crippen molar-refractivity contribution in [3.8, 4) is 6.07 Å². The summed E-state index contributed by atoms with van der Waals surface area (Å²) < 4.78 is 13.4. The molecule has 0 unspecified atom stereocenters. The van der Waals surface area contributed by atoms with Gasteiger partial charge in [0.15, 0.2) is 0 Å². The summed E-state index contributed by atoms with van der Waals surface area (Å²) in [6, 6.07) is 6.38. The average Bonchev–Trinajstić information content (AvgIpc) is 2.30. The van der Waals surface area contributed by atoms with E-state index in [2.05, 4.69) is 5.32 Å². The van der Waals surface area contributed by atoms with Crippen LogP contribution in [0.15, 0.2) is 18.2 Å². The Morgan fingerprint density at radius 2 is 2.35 bits per heavy atom. The smallest absolute Gasteiger partial charge is 0.143 e. The van der Waals surface area contributed by atoms with Crippen LogP contribution in [-0.2, 0) is 0 Å². The van der Waals surface area contributed by atoms with Gasteiger partial charge in [0, 0.05) is 18.4 Å². The maximum atomic E-state index is 13.4. The van der Waals surface area contributed by atoms with Crippen molar-refractivity contribution < 1.29 is 9.50 Å². The standard InChI is InChI=1S/C12H15FN2OS/c1-17-8-9(5-6-16)15-12-4-2-3-11(13)10(12)7-14/h2-4,9,15-16H,5-6,8H2,1H3/t9-/m1/s1. The number of halogens is 1. The number of benzene rings is 1. The molecule has 0 aliphatic rings. The number of aliphatic hydroxyl groups is 1. The topological polar surface area (TPSA) is 56.0 Å². The second kappa shape index (κ2) is 7.15. The van der Waals surface area contributed by atoms with Gasteiger partial charge in [-0.2, -0.15) is 17.0 Å². The molecule has 0 saturated carbocycles. The van der Waals surface area contributed by atoms with Crippen molar-refractivity contribution in [1.29, 1.82) is 5.26 Å². The molecule has 92 valence electrons. The van der Waals surface area contributed by atoms with Crippen molar-refractivity contribution in [3.63, 3.8) is 0 Å². The van der Waals surface area contributed by atoms with Crippen LogP contribution in [0.25, 0.3) is 0 Å². The van der Waals surface area contributed by atoms with E-state index in [-0.39, 0.29) is 18.2 Å². The molecule has 17 heavy (non-hydrogen) atoms. The van der Waals surface area contributed by atoms with Crippen LogP contribution in [0.5, 0.6) is 0 Å². The first kappa shape index (κ1) is 13.8. The molecule has 0 aromatic heterocycles. The molecule has 0 heterocycles. The summed E-state index contributed by atoms with van der Waals surface area (Å²) in [7, 11) is 0. The third kappa shape index (κ3) is 3.91. The second-order valence-electron chi connectivity index (χ2n) is 3.58. The fourth-order valence-electron chi connectivity index (χ4n) is 1.53. The number of nitrogens with one attached hydrogen (secondary N) is 1. The van der Waals surface area contributed by atoms with Crippen molar-refractivity contribution in [3.05, 3.63) is 29.6 Å². The zero-order chi connectivity index (χ0) is 12.7. The molecule has 5 heteroatoms. The first-order valence-electron chi connectivity index (χ1n) is 5.27. The number of aliphatic hydroxyl groups excluding tert-OH is 1. The number of anilines is 1. The van der Waals surface area contributed by atoms with E-state index in [1.807, 2.05) is 12.3 Å². The lowest BCUT2D eigenvalue weighted by molar-refractivity contribution is 0.282. The Bertz CT molecular complexity index is 400. The van der Waals surface area contributed by atoms with Gasteiger partial charge < -0.3 is 10.4 Å². The highest BCUT2D eigenvalue weighted by molar-refractivity contribution is 7.98. The maximum absolute atomic E-state index is 13.4. The van der Waals surface area contributed by atoms with E-state index in [0.29, 0.717) is 12.1 Å². The quantitative estimate of drug-likeness (QED) is 0.817. The van der Waals surface area contributed by atoms with Gasteiger partial charge in [0.2, 0.25) is 0 Å². The molecular weight excluding hydrogens is 239 g/mol. The van der Waals surface area contributed by atoms with Gasteiger partial charge in [-0.3, -0.25) is 0 Å². The predicted octanol–water partition coefficient (Wildman–Crippen LogP) is 2.22. The number of nitriles is 1. The molecule has 0 bridgehead atoms.